The lowest BCUT2D eigenvalue weighted by atomic mass is 10.1. The summed E-state index contributed by atoms with van der Waals surface area (Å²) >= 11 is 0. The molecule has 0 amide bonds. The number of nitrogens with one attached hydrogen (secondary N) is 1. The number of ether oxygens (including phenoxy) is 3. The topological polar surface area (TPSA) is 160 Å². The Bertz CT molecular complexity index is 1250. The Morgan fingerprint density at radius 2 is 1.76 bits per heavy atom. The molecule has 12 nitrogen and oxygen atoms in total. The molecule has 0 saturated carbocycles. The van der Waals surface area contributed by atoms with E-state index in [1.807, 2.05) is 0 Å². The van der Waals surface area contributed by atoms with Crippen LogP contribution in [0.1, 0.15) is 20.1 Å². The van der Waals surface area contributed by atoms with Crippen LogP contribution in [0.25, 0.3) is 11.1 Å². The average molecular weight is 482 g/mol. The number of H-pyrrole nitrogens is 1. The summed E-state index contributed by atoms with van der Waals surface area (Å²) in [7, 11) is -4.08. The summed E-state index contributed by atoms with van der Waals surface area (Å²) in [5.41, 5.74) is -0.947. The Morgan fingerprint density at radius 1 is 1.09 bits per heavy atom. The molecule has 0 radical (unpaired) electrons. The predicted molar refractivity (Wildman–Crippen MR) is 113 cm³/mol. The average Bonchev–Trinajstić information content (AvgIpc) is 3.02. The number of hydrogen-bond donors (Lipinski definition) is 1. The van der Waals surface area contributed by atoms with Crippen molar-refractivity contribution in [3.8, 4) is 11.1 Å². The molecule has 0 aliphatic carbocycles. The molecular weight excluding hydrogens is 460 g/mol. The number of rotatable bonds is 7. The van der Waals surface area contributed by atoms with Gasteiger partial charge in [0.1, 0.15) is 18.8 Å². The Morgan fingerprint density at radius 3 is 2.33 bits per heavy atom. The first-order valence-corrected chi connectivity index (χ1v) is 11.5. The van der Waals surface area contributed by atoms with Gasteiger partial charge in [0, 0.05) is 20.0 Å². The summed E-state index contributed by atoms with van der Waals surface area (Å²) in [5, 5.41) is 0. The van der Waals surface area contributed by atoms with E-state index in [1.54, 1.807) is 30.3 Å². The van der Waals surface area contributed by atoms with Gasteiger partial charge in [-0.1, -0.05) is 30.3 Å². The minimum Gasteiger partial charge on any atom is -0.463 e. The van der Waals surface area contributed by atoms with Gasteiger partial charge < -0.3 is 14.2 Å². The summed E-state index contributed by atoms with van der Waals surface area (Å²) in [6, 6.07) is 8.44. The molecule has 2 heterocycles. The second-order valence-electron chi connectivity index (χ2n) is 7.28. The van der Waals surface area contributed by atoms with Crippen LogP contribution in [0.15, 0.2) is 46.1 Å². The number of nitrogens with zero attached hydrogens (tertiary/aromatic N) is 1. The molecule has 1 N–H and O–H groups in total. The zero-order valence-electron chi connectivity index (χ0n) is 17.9. The van der Waals surface area contributed by atoms with E-state index in [0.717, 1.165) is 24.7 Å². The van der Waals surface area contributed by atoms with Crippen molar-refractivity contribution in [3.63, 3.8) is 0 Å². The standard InChI is InChI=1S/C20H22N2O10S/c1-11(23)29-10-15-16(32-33(3,27)28)17(30-12(2)24)19(31-15)22-9-14(18(25)21-20(22)26)13-7-5-4-6-8-13/h4-9,15-17,19H,10H2,1-3H3,(H,21,25,26)/t15-,16+,17-,19-/m1/s1. The lowest BCUT2D eigenvalue weighted by molar-refractivity contribution is -0.155. The maximum Gasteiger partial charge on any atom is 0.330 e. The number of esters is 2. The van der Waals surface area contributed by atoms with E-state index in [0.29, 0.717) is 5.56 Å². The van der Waals surface area contributed by atoms with Crippen LogP contribution in [0.3, 0.4) is 0 Å². The van der Waals surface area contributed by atoms with E-state index in [9.17, 15) is 27.6 Å². The van der Waals surface area contributed by atoms with Crippen molar-refractivity contribution in [2.75, 3.05) is 12.9 Å². The second kappa shape index (κ2) is 9.68. The van der Waals surface area contributed by atoms with Gasteiger partial charge in [0.05, 0.1) is 11.8 Å². The maximum absolute atomic E-state index is 12.6. The smallest absolute Gasteiger partial charge is 0.330 e. The Balaban J connectivity index is 2.11. The number of hydrogen-bond acceptors (Lipinski definition) is 10. The lowest BCUT2D eigenvalue weighted by Gasteiger charge is -2.23. The molecule has 0 unspecified atom stereocenters. The third-order valence-electron chi connectivity index (χ3n) is 4.65. The fraction of sp³-hybridized carbons (Fsp3) is 0.400. The van der Waals surface area contributed by atoms with Crippen LogP contribution in [0.2, 0.25) is 0 Å². The SMILES string of the molecule is CC(=O)OC[C@H]1O[C@@H](n2cc(-c3ccccc3)c(=O)[nH]c2=O)[C@H](OC(C)=O)[C@H]1OS(C)(=O)=O. The highest BCUT2D eigenvalue weighted by Gasteiger charge is 2.51. The van der Waals surface area contributed by atoms with Crippen LogP contribution in [-0.4, -0.2) is 61.1 Å². The van der Waals surface area contributed by atoms with Gasteiger partial charge in [-0.3, -0.25) is 28.1 Å². The van der Waals surface area contributed by atoms with Crippen molar-refractivity contribution in [3.05, 3.63) is 57.4 Å². The third-order valence-corrected chi connectivity index (χ3v) is 5.22. The zero-order chi connectivity index (χ0) is 24.3. The number of carbonyl (C=O) groups is 2. The summed E-state index contributed by atoms with van der Waals surface area (Å²) in [6.45, 7) is 1.79. The fourth-order valence-corrected chi connectivity index (χ4v) is 4.04. The number of aromatic amines is 1. The van der Waals surface area contributed by atoms with Crippen LogP contribution in [-0.2, 0) is 38.1 Å². The first-order valence-electron chi connectivity index (χ1n) is 9.71. The Kier molecular flexibility index (Phi) is 7.15. The zero-order valence-corrected chi connectivity index (χ0v) is 18.7. The maximum atomic E-state index is 12.6. The normalized spacial score (nSPS) is 22.6. The van der Waals surface area contributed by atoms with E-state index in [-0.39, 0.29) is 5.56 Å². The van der Waals surface area contributed by atoms with Crippen LogP contribution in [0.5, 0.6) is 0 Å². The van der Waals surface area contributed by atoms with Crippen molar-refractivity contribution in [1.82, 2.24) is 9.55 Å². The molecular formula is C20H22N2O10S. The quantitative estimate of drug-likeness (QED) is 0.418. The summed E-state index contributed by atoms with van der Waals surface area (Å²) in [5.74, 6) is -1.47. The highest BCUT2D eigenvalue weighted by Crippen LogP contribution is 2.34. The number of benzene rings is 1. The molecule has 1 aromatic carbocycles. The van der Waals surface area contributed by atoms with Crippen LogP contribution < -0.4 is 11.2 Å². The van der Waals surface area contributed by atoms with E-state index < -0.39 is 64.5 Å². The molecule has 1 aliphatic heterocycles. The van der Waals surface area contributed by atoms with Crippen molar-refractivity contribution in [1.29, 1.82) is 0 Å². The van der Waals surface area contributed by atoms with Gasteiger partial charge in [-0.2, -0.15) is 8.42 Å². The molecule has 4 atom stereocenters. The summed E-state index contributed by atoms with van der Waals surface area (Å²) in [4.78, 5) is 50.3. The molecule has 1 aliphatic rings. The third kappa shape index (κ3) is 5.94. The highest BCUT2D eigenvalue weighted by atomic mass is 32.2. The molecule has 1 saturated heterocycles. The van der Waals surface area contributed by atoms with Gasteiger partial charge in [0.15, 0.2) is 12.3 Å². The molecule has 1 aromatic heterocycles. The lowest BCUT2D eigenvalue weighted by Crippen LogP contribution is -2.42. The van der Waals surface area contributed by atoms with Gasteiger partial charge in [0.25, 0.3) is 15.7 Å². The predicted octanol–water partition coefficient (Wildman–Crippen LogP) is -0.0594. The second-order valence-corrected chi connectivity index (χ2v) is 8.88. The molecule has 178 valence electrons. The Labute approximate surface area is 188 Å². The molecule has 13 heteroatoms. The van der Waals surface area contributed by atoms with Gasteiger partial charge in [-0.15, -0.1) is 0 Å². The Hall–Kier alpha value is -3.29. The van der Waals surface area contributed by atoms with Crippen LogP contribution in [0, 0.1) is 0 Å². The molecule has 33 heavy (non-hydrogen) atoms. The number of aromatic nitrogens is 2. The highest BCUT2D eigenvalue weighted by molar-refractivity contribution is 7.86. The molecule has 1 fully saturated rings. The minimum absolute atomic E-state index is 0.115. The van der Waals surface area contributed by atoms with Crippen molar-refractivity contribution in [2.24, 2.45) is 0 Å². The van der Waals surface area contributed by atoms with Crippen molar-refractivity contribution in [2.45, 2.75) is 38.4 Å². The summed E-state index contributed by atoms with van der Waals surface area (Å²) in [6.07, 6.45) is -3.47. The van der Waals surface area contributed by atoms with Gasteiger partial charge in [0.2, 0.25) is 0 Å². The van der Waals surface area contributed by atoms with E-state index in [4.69, 9.17) is 18.4 Å². The molecule has 0 spiro atoms. The van der Waals surface area contributed by atoms with Crippen molar-refractivity contribution < 1.29 is 36.4 Å². The molecule has 2 aromatic rings. The van der Waals surface area contributed by atoms with Crippen LogP contribution in [0.4, 0.5) is 0 Å². The number of carbonyl (C=O) groups excluding carboxylic acids is 2. The van der Waals surface area contributed by atoms with E-state index in [2.05, 4.69) is 4.98 Å². The fourth-order valence-electron chi connectivity index (χ4n) is 3.40. The van der Waals surface area contributed by atoms with E-state index in [1.165, 1.54) is 6.20 Å². The summed E-state index contributed by atoms with van der Waals surface area (Å²) < 4.78 is 45.7. The first-order chi connectivity index (χ1) is 15.5. The van der Waals surface area contributed by atoms with Crippen molar-refractivity contribution >= 4 is 22.1 Å². The first kappa shape index (κ1) is 24.4. The molecule has 3 rings (SSSR count). The van der Waals surface area contributed by atoms with Gasteiger partial charge in [-0.25, -0.2) is 4.79 Å². The molecule has 0 bridgehead atoms. The van der Waals surface area contributed by atoms with Crippen LogP contribution >= 0.6 is 0 Å². The largest absolute Gasteiger partial charge is 0.463 e. The minimum atomic E-state index is -4.08. The monoisotopic (exact) mass is 482 g/mol. The van der Waals surface area contributed by atoms with Gasteiger partial charge in [-0.05, 0) is 5.56 Å². The van der Waals surface area contributed by atoms with E-state index >= 15 is 0 Å². The van der Waals surface area contributed by atoms with Gasteiger partial charge >= 0.3 is 17.6 Å².